The Hall–Kier alpha value is -1.91. The highest BCUT2D eigenvalue weighted by atomic mass is 16.7. The van der Waals surface area contributed by atoms with Crippen LogP contribution in [-0.2, 0) is 4.79 Å². The zero-order valence-electron chi connectivity index (χ0n) is 9.77. The molecule has 17 heavy (non-hydrogen) atoms. The van der Waals surface area contributed by atoms with E-state index in [0.29, 0.717) is 5.75 Å². The first-order chi connectivity index (χ1) is 8.08. The second-order valence-corrected chi connectivity index (χ2v) is 4.13. The summed E-state index contributed by atoms with van der Waals surface area (Å²) in [4.78, 5) is 10.8. The van der Waals surface area contributed by atoms with Crippen LogP contribution in [0, 0.1) is 5.92 Å². The smallest absolute Gasteiger partial charge is 0.308 e. The summed E-state index contributed by atoms with van der Waals surface area (Å²) < 4.78 is 10.5. The van der Waals surface area contributed by atoms with Crippen molar-refractivity contribution < 1.29 is 19.4 Å². The molecular formula is C12H15NO4. The number of anilines is 1. The Morgan fingerprint density at radius 3 is 2.76 bits per heavy atom. The van der Waals surface area contributed by atoms with Crippen LogP contribution in [0.4, 0.5) is 5.69 Å². The molecule has 0 radical (unpaired) electrons. The average Bonchev–Trinajstić information content (AvgIpc) is 2.74. The van der Waals surface area contributed by atoms with E-state index in [4.69, 9.17) is 14.6 Å². The Balaban J connectivity index is 2.06. The van der Waals surface area contributed by atoms with E-state index in [1.165, 1.54) is 0 Å². The van der Waals surface area contributed by atoms with Crippen molar-refractivity contribution >= 4 is 11.7 Å². The van der Waals surface area contributed by atoms with Crippen LogP contribution in [0.25, 0.3) is 0 Å². The second kappa shape index (κ2) is 4.53. The molecule has 0 aliphatic carbocycles. The number of hydrogen-bond donors (Lipinski definition) is 2. The maximum atomic E-state index is 10.8. The molecule has 2 N–H and O–H groups in total. The zero-order chi connectivity index (χ0) is 12.4. The van der Waals surface area contributed by atoms with Crippen LogP contribution in [0.1, 0.15) is 13.8 Å². The molecule has 0 fully saturated rings. The van der Waals surface area contributed by atoms with Gasteiger partial charge in [0.05, 0.1) is 5.92 Å². The first-order valence-corrected chi connectivity index (χ1v) is 5.47. The number of aliphatic carboxylic acids is 1. The number of ether oxygens (including phenoxy) is 2. The van der Waals surface area contributed by atoms with Crippen LogP contribution in [0.15, 0.2) is 18.2 Å². The monoisotopic (exact) mass is 237 g/mol. The van der Waals surface area contributed by atoms with Gasteiger partial charge in [0.1, 0.15) is 0 Å². The third-order valence-corrected chi connectivity index (χ3v) is 2.91. The molecule has 5 nitrogen and oxygen atoms in total. The van der Waals surface area contributed by atoms with Gasteiger partial charge in [-0.25, -0.2) is 0 Å². The standard InChI is InChI=1S/C12H15NO4/c1-7(12(14)15)8(2)13-9-3-4-10-11(5-9)17-6-16-10/h3-5,7-8,13H,6H2,1-2H3,(H,14,15). The maximum Gasteiger partial charge on any atom is 0.308 e. The molecule has 5 heteroatoms. The quantitative estimate of drug-likeness (QED) is 0.837. The predicted octanol–water partition coefficient (Wildman–Crippen LogP) is 1.94. The molecule has 1 aromatic carbocycles. The predicted molar refractivity (Wildman–Crippen MR) is 62.4 cm³/mol. The van der Waals surface area contributed by atoms with Crippen molar-refractivity contribution in [1.82, 2.24) is 0 Å². The Kier molecular flexibility index (Phi) is 3.08. The van der Waals surface area contributed by atoms with Crippen molar-refractivity contribution in [1.29, 1.82) is 0 Å². The van der Waals surface area contributed by atoms with Crippen molar-refractivity contribution in [2.75, 3.05) is 12.1 Å². The number of carboxylic acid groups (broad SMARTS) is 1. The molecule has 0 spiro atoms. The van der Waals surface area contributed by atoms with Gasteiger partial charge in [-0.05, 0) is 26.0 Å². The van der Waals surface area contributed by atoms with E-state index in [9.17, 15) is 4.79 Å². The molecule has 2 rings (SSSR count). The molecular weight excluding hydrogens is 222 g/mol. The molecule has 2 atom stereocenters. The van der Waals surface area contributed by atoms with Crippen molar-refractivity contribution in [3.05, 3.63) is 18.2 Å². The lowest BCUT2D eigenvalue weighted by Crippen LogP contribution is -2.29. The molecule has 1 aliphatic heterocycles. The summed E-state index contributed by atoms with van der Waals surface area (Å²) in [5.41, 5.74) is 0.829. The van der Waals surface area contributed by atoms with E-state index in [1.807, 2.05) is 25.1 Å². The van der Waals surface area contributed by atoms with Gasteiger partial charge < -0.3 is 19.9 Å². The minimum Gasteiger partial charge on any atom is -0.481 e. The first kappa shape index (κ1) is 11.6. The topological polar surface area (TPSA) is 67.8 Å². The molecule has 0 saturated carbocycles. The molecule has 0 saturated heterocycles. The third kappa shape index (κ3) is 2.43. The fourth-order valence-electron chi connectivity index (χ4n) is 1.59. The minimum absolute atomic E-state index is 0.159. The summed E-state index contributed by atoms with van der Waals surface area (Å²) in [5, 5.41) is 12.0. The SMILES string of the molecule is CC(Nc1ccc2c(c1)OCO2)C(C)C(=O)O. The summed E-state index contributed by atoms with van der Waals surface area (Å²) in [6.07, 6.45) is 0. The van der Waals surface area contributed by atoms with Crippen LogP contribution in [0.2, 0.25) is 0 Å². The van der Waals surface area contributed by atoms with Crippen molar-refractivity contribution in [3.8, 4) is 11.5 Å². The normalized spacial score (nSPS) is 16.4. The highest BCUT2D eigenvalue weighted by molar-refractivity contribution is 5.71. The van der Waals surface area contributed by atoms with Gasteiger partial charge in [0.15, 0.2) is 11.5 Å². The van der Waals surface area contributed by atoms with Crippen LogP contribution in [-0.4, -0.2) is 23.9 Å². The fourth-order valence-corrected chi connectivity index (χ4v) is 1.59. The van der Waals surface area contributed by atoms with Gasteiger partial charge in [0, 0.05) is 17.8 Å². The Morgan fingerprint density at radius 2 is 2.06 bits per heavy atom. The number of nitrogens with one attached hydrogen (secondary N) is 1. The number of carboxylic acids is 1. The van der Waals surface area contributed by atoms with Gasteiger partial charge in [-0.1, -0.05) is 0 Å². The number of fused-ring (bicyclic) bond motifs is 1. The molecule has 92 valence electrons. The van der Waals surface area contributed by atoms with Gasteiger partial charge in [0.25, 0.3) is 0 Å². The van der Waals surface area contributed by atoms with Gasteiger partial charge in [-0.15, -0.1) is 0 Å². The minimum atomic E-state index is -0.814. The lowest BCUT2D eigenvalue weighted by molar-refractivity contribution is -0.141. The van der Waals surface area contributed by atoms with Crippen molar-refractivity contribution in [3.63, 3.8) is 0 Å². The molecule has 1 heterocycles. The molecule has 0 aromatic heterocycles. The van der Waals surface area contributed by atoms with E-state index < -0.39 is 11.9 Å². The van der Waals surface area contributed by atoms with Crippen LogP contribution in [0.5, 0.6) is 11.5 Å². The van der Waals surface area contributed by atoms with Gasteiger partial charge >= 0.3 is 5.97 Å². The molecule has 0 amide bonds. The van der Waals surface area contributed by atoms with Crippen molar-refractivity contribution in [2.24, 2.45) is 5.92 Å². The maximum absolute atomic E-state index is 10.8. The summed E-state index contributed by atoms with van der Waals surface area (Å²) in [6, 6.07) is 5.31. The van der Waals surface area contributed by atoms with E-state index >= 15 is 0 Å². The van der Waals surface area contributed by atoms with E-state index in [1.54, 1.807) is 6.92 Å². The van der Waals surface area contributed by atoms with E-state index in [-0.39, 0.29) is 12.8 Å². The lowest BCUT2D eigenvalue weighted by atomic mass is 10.0. The Labute approximate surface area is 99.3 Å². The first-order valence-electron chi connectivity index (χ1n) is 5.47. The fraction of sp³-hybridized carbons (Fsp3) is 0.417. The van der Waals surface area contributed by atoms with E-state index in [0.717, 1.165) is 11.4 Å². The average molecular weight is 237 g/mol. The van der Waals surface area contributed by atoms with Crippen LogP contribution >= 0.6 is 0 Å². The van der Waals surface area contributed by atoms with Gasteiger partial charge in [0.2, 0.25) is 6.79 Å². The van der Waals surface area contributed by atoms with Crippen molar-refractivity contribution in [2.45, 2.75) is 19.9 Å². The van der Waals surface area contributed by atoms with Crippen LogP contribution < -0.4 is 14.8 Å². The number of benzene rings is 1. The second-order valence-electron chi connectivity index (χ2n) is 4.13. The summed E-state index contributed by atoms with van der Waals surface area (Å²) >= 11 is 0. The summed E-state index contributed by atoms with van der Waals surface area (Å²) in [5.74, 6) is 0.130. The number of hydrogen-bond acceptors (Lipinski definition) is 4. The largest absolute Gasteiger partial charge is 0.481 e. The van der Waals surface area contributed by atoms with Gasteiger partial charge in [-0.2, -0.15) is 0 Å². The van der Waals surface area contributed by atoms with Gasteiger partial charge in [-0.3, -0.25) is 4.79 Å². The Bertz CT molecular complexity index is 433. The number of carbonyl (C=O) groups is 1. The molecule has 1 aliphatic rings. The lowest BCUT2D eigenvalue weighted by Gasteiger charge is -2.19. The Morgan fingerprint density at radius 1 is 1.35 bits per heavy atom. The highest BCUT2D eigenvalue weighted by Crippen LogP contribution is 2.34. The van der Waals surface area contributed by atoms with Crippen LogP contribution in [0.3, 0.4) is 0 Å². The molecule has 0 bridgehead atoms. The molecule has 1 aromatic rings. The zero-order valence-corrected chi connectivity index (χ0v) is 9.77. The summed E-state index contributed by atoms with van der Waals surface area (Å²) in [7, 11) is 0. The van der Waals surface area contributed by atoms with E-state index in [2.05, 4.69) is 5.32 Å². The summed E-state index contributed by atoms with van der Waals surface area (Å²) in [6.45, 7) is 3.75. The number of rotatable bonds is 4. The highest BCUT2D eigenvalue weighted by Gasteiger charge is 2.20. The molecule has 2 unspecified atom stereocenters. The third-order valence-electron chi connectivity index (χ3n) is 2.91.